The molecule has 0 radical (unpaired) electrons. The Bertz CT molecular complexity index is 634. The summed E-state index contributed by atoms with van der Waals surface area (Å²) in [5.74, 6) is -0.279. The highest BCUT2D eigenvalue weighted by Gasteiger charge is 2.10. The molecule has 106 valence electrons. The number of phenolic OH excluding ortho intramolecular Hbond substituents is 1. The number of hydrogen-bond acceptors (Lipinski definition) is 4. The lowest BCUT2D eigenvalue weighted by Gasteiger charge is -2.09. The molecule has 0 bridgehead atoms. The van der Waals surface area contributed by atoms with Gasteiger partial charge in [-0.25, -0.2) is 4.98 Å². The summed E-state index contributed by atoms with van der Waals surface area (Å²) in [6, 6.07) is 4.31. The van der Waals surface area contributed by atoms with E-state index < -0.39 is 0 Å². The maximum absolute atomic E-state index is 12.0. The topological polar surface area (TPSA) is 93.2 Å². The summed E-state index contributed by atoms with van der Waals surface area (Å²) in [6.45, 7) is 5.02. The van der Waals surface area contributed by atoms with Crippen LogP contribution >= 0.6 is 0 Å². The number of carbonyl (C=O) groups excluding carboxylic acids is 1. The third kappa shape index (κ3) is 2.90. The van der Waals surface area contributed by atoms with Crippen molar-refractivity contribution in [1.29, 1.82) is 0 Å². The summed E-state index contributed by atoms with van der Waals surface area (Å²) in [6.07, 6.45) is 1.75. The highest BCUT2D eigenvalue weighted by Crippen LogP contribution is 2.18. The quantitative estimate of drug-likeness (QED) is 0.577. The second kappa shape index (κ2) is 5.64. The Labute approximate surface area is 117 Å². The average Bonchev–Trinajstić information content (AvgIpc) is 2.73. The number of benzene rings is 1. The number of nitrogens with two attached hydrogens (primary N) is 1. The van der Waals surface area contributed by atoms with Gasteiger partial charge in [0.05, 0.1) is 17.6 Å². The fraction of sp³-hybridized carbons (Fsp3) is 0.286. The van der Waals surface area contributed by atoms with Crippen LogP contribution in [0.2, 0.25) is 0 Å². The lowest BCUT2D eigenvalue weighted by atomic mass is 10.1. The molecule has 0 aliphatic rings. The zero-order chi connectivity index (χ0) is 14.7. The van der Waals surface area contributed by atoms with Crippen LogP contribution in [0.1, 0.15) is 21.7 Å². The normalized spacial score (nSPS) is 10.5. The van der Waals surface area contributed by atoms with Gasteiger partial charge in [0.1, 0.15) is 5.75 Å². The van der Waals surface area contributed by atoms with E-state index in [1.54, 1.807) is 6.33 Å². The first-order valence-corrected chi connectivity index (χ1v) is 6.34. The smallest absolute Gasteiger partial charge is 0.253 e. The molecule has 2 aromatic rings. The van der Waals surface area contributed by atoms with Crippen LogP contribution in [0.25, 0.3) is 0 Å². The molecule has 0 fully saturated rings. The van der Waals surface area contributed by atoms with Crippen LogP contribution in [0.4, 0.5) is 5.69 Å². The van der Waals surface area contributed by atoms with Crippen LogP contribution < -0.4 is 11.1 Å². The summed E-state index contributed by atoms with van der Waals surface area (Å²) in [4.78, 5) is 16.2. The molecule has 0 aliphatic carbocycles. The molecule has 6 heteroatoms. The number of aromatic nitrogens is 2. The Morgan fingerprint density at radius 1 is 1.45 bits per heavy atom. The average molecular weight is 274 g/mol. The summed E-state index contributed by atoms with van der Waals surface area (Å²) < 4.78 is 1.97. The van der Waals surface area contributed by atoms with Gasteiger partial charge in [-0.1, -0.05) is 0 Å². The molecule has 0 unspecified atom stereocenters. The molecular formula is C14H18N4O2. The summed E-state index contributed by atoms with van der Waals surface area (Å²) >= 11 is 0. The van der Waals surface area contributed by atoms with E-state index >= 15 is 0 Å². The molecule has 1 aromatic heterocycles. The predicted molar refractivity (Wildman–Crippen MR) is 76.6 cm³/mol. The lowest BCUT2D eigenvalue weighted by Crippen LogP contribution is -2.28. The van der Waals surface area contributed by atoms with Gasteiger partial charge in [0, 0.05) is 24.5 Å². The third-order valence-corrected chi connectivity index (χ3v) is 3.26. The van der Waals surface area contributed by atoms with Gasteiger partial charge in [-0.2, -0.15) is 0 Å². The van der Waals surface area contributed by atoms with Crippen molar-refractivity contribution in [2.75, 3.05) is 12.3 Å². The Morgan fingerprint density at radius 3 is 2.85 bits per heavy atom. The molecule has 4 N–H and O–H groups in total. The molecule has 1 aromatic carbocycles. The molecule has 0 atom stereocenters. The number of hydrogen-bond donors (Lipinski definition) is 3. The number of nitrogens with zero attached hydrogens (tertiary/aromatic N) is 2. The first kappa shape index (κ1) is 13.9. The number of anilines is 1. The highest BCUT2D eigenvalue weighted by atomic mass is 16.3. The molecule has 1 heterocycles. The van der Waals surface area contributed by atoms with E-state index in [0.717, 1.165) is 11.4 Å². The van der Waals surface area contributed by atoms with Crippen LogP contribution in [-0.4, -0.2) is 27.1 Å². The Morgan fingerprint density at radius 2 is 2.20 bits per heavy atom. The van der Waals surface area contributed by atoms with Gasteiger partial charge in [-0.15, -0.1) is 0 Å². The predicted octanol–water partition coefficient (Wildman–Crippen LogP) is 1.22. The summed E-state index contributed by atoms with van der Waals surface area (Å²) in [5.41, 5.74) is 8.40. The number of imidazole rings is 1. The minimum Gasteiger partial charge on any atom is -0.508 e. The van der Waals surface area contributed by atoms with Gasteiger partial charge in [0.15, 0.2) is 0 Å². The maximum atomic E-state index is 12.0. The molecule has 0 saturated carbocycles. The van der Waals surface area contributed by atoms with Crippen molar-refractivity contribution in [3.05, 3.63) is 41.5 Å². The van der Waals surface area contributed by atoms with Crippen LogP contribution in [-0.2, 0) is 6.54 Å². The number of aromatic hydroxyl groups is 1. The summed E-state index contributed by atoms with van der Waals surface area (Å²) in [7, 11) is 0. The molecule has 2 rings (SSSR count). The van der Waals surface area contributed by atoms with Crippen molar-refractivity contribution in [1.82, 2.24) is 14.9 Å². The zero-order valence-corrected chi connectivity index (χ0v) is 11.6. The summed E-state index contributed by atoms with van der Waals surface area (Å²) in [5, 5.41) is 12.2. The number of carbonyl (C=O) groups is 1. The second-order valence-corrected chi connectivity index (χ2v) is 4.64. The Kier molecular flexibility index (Phi) is 3.93. The molecule has 0 saturated heterocycles. The number of nitrogens with one attached hydrogen (secondary N) is 1. The fourth-order valence-corrected chi connectivity index (χ4v) is 1.90. The van der Waals surface area contributed by atoms with Crippen molar-refractivity contribution >= 4 is 11.6 Å². The van der Waals surface area contributed by atoms with E-state index in [9.17, 15) is 9.90 Å². The van der Waals surface area contributed by atoms with E-state index in [1.165, 1.54) is 18.2 Å². The number of rotatable bonds is 4. The second-order valence-electron chi connectivity index (χ2n) is 4.64. The standard InChI is InChI=1S/C14H18N4O2/c1-9-10(2)18(8-17-9)6-5-16-14(20)12-7-11(19)3-4-13(12)15/h3-4,7-8,19H,5-6,15H2,1-2H3,(H,16,20). The molecule has 0 aliphatic heterocycles. The van der Waals surface area contributed by atoms with Gasteiger partial charge in [0.25, 0.3) is 5.91 Å². The van der Waals surface area contributed by atoms with Crippen molar-refractivity contribution in [3.63, 3.8) is 0 Å². The molecule has 6 nitrogen and oxygen atoms in total. The molecular weight excluding hydrogens is 256 g/mol. The van der Waals surface area contributed by atoms with E-state index in [1.807, 2.05) is 18.4 Å². The number of nitrogen functional groups attached to an aromatic ring is 1. The maximum Gasteiger partial charge on any atom is 0.253 e. The molecule has 20 heavy (non-hydrogen) atoms. The SMILES string of the molecule is Cc1ncn(CCNC(=O)c2cc(O)ccc2N)c1C. The van der Waals surface area contributed by atoms with E-state index in [2.05, 4.69) is 10.3 Å². The van der Waals surface area contributed by atoms with Crippen LogP contribution in [0, 0.1) is 13.8 Å². The fourth-order valence-electron chi connectivity index (χ4n) is 1.90. The van der Waals surface area contributed by atoms with Crippen LogP contribution in [0.15, 0.2) is 24.5 Å². The Balaban J connectivity index is 1.96. The monoisotopic (exact) mass is 274 g/mol. The zero-order valence-electron chi connectivity index (χ0n) is 11.6. The van der Waals surface area contributed by atoms with Gasteiger partial charge >= 0.3 is 0 Å². The van der Waals surface area contributed by atoms with Gasteiger partial charge in [-0.05, 0) is 32.0 Å². The van der Waals surface area contributed by atoms with Crippen molar-refractivity contribution < 1.29 is 9.90 Å². The number of aryl methyl sites for hydroxylation is 1. The van der Waals surface area contributed by atoms with Crippen molar-refractivity contribution in [2.45, 2.75) is 20.4 Å². The van der Waals surface area contributed by atoms with E-state index in [0.29, 0.717) is 18.8 Å². The van der Waals surface area contributed by atoms with Crippen LogP contribution in [0.5, 0.6) is 5.75 Å². The van der Waals surface area contributed by atoms with Crippen molar-refractivity contribution in [2.24, 2.45) is 0 Å². The first-order chi connectivity index (χ1) is 9.49. The van der Waals surface area contributed by atoms with Crippen molar-refractivity contribution in [3.8, 4) is 5.75 Å². The minimum atomic E-state index is -0.298. The third-order valence-electron chi connectivity index (χ3n) is 3.26. The van der Waals surface area contributed by atoms with E-state index in [4.69, 9.17) is 5.73 Å². The number of amides is 1. The Hall–Kier alpha value is -2.50. The molecule has 1 amide bonds. The lowest BCUT2D eigenvalue weighted by molar-refractivity contribution is 0.0952. The highest BCUT2D eigenvalue weighted by molar-refractivity contribution is 5.99. The first-order valence-electron chi connectivity index (χ1n) is 6.34. The van der Waals surface area contributed by atoms with Gasteiger partial charge in [0.2, 0.25) is 0 Å². The van der Waals surface area contributed by atoms with Gasteiger partial charge < -0.3 is 20.7 Å². The van der Waals surface area contributed by atoms with Gasteiger partial charge in [-0.3, -0.25) is 4.79 Å². The number of phenols is 1. The van der Waals surface area contributed by atoms with E-state index in [-0.39, 0.29) is 17.2 Å². The van der Waals surface area contributed by atoms with Crippen LogP contribution in [0.3, 0.4) is 0 Å². The largest absolute Gasteiger partial charge is 0.508 e. The molecule has 0 spiro atoms. The minimum absolute atomic E-state index is 0.0189.